The van der Waals surface area contributed by atoms with Crippen molar-refractivity contribution in [1.29, 1.82) is 0 Å². The first kappa shape index (κ1) is 44.7. The Morgan fingerprint density at radius 3 is 2.20 bits per heavy atom. The number of ether oxygens (including phenoxy) is 2. The summed E-state index contributed by atoms with van der Waals surface area (Å²) in [6, 6.07) is 14.8. The fourth-order valence-corrected chi connectivity index (χ4v) is 7.48. The summed E-state index contributed by atoms with van der Waals surface area (Å²) >= 11 is 12.9. The molecular formula is C42H54Cl2N10O5. The van der Waals surface area contributed by atoms with Crippen LogP contribution in [0.4, 0.5) is 39.3 Å². The van der Waals surface area contributed by atoms with E-state index < -0.39 is 6.03 Å². The number of pyridine rings is 1. The Balaban J connectivity index is 1.09. The number of hydrogen-bond donors (Lipinski definition) is 3. The van der Waals surface area contributed by atoms with E-state index in [0.717, 1.165) is 68.4 Å². The second-order valence-corrected chi connectivity index (χ2v) is 15.2. The van der Waals surface area contributed by atoms with E-state index in [2.05, 4.69) is 85.6 Å². The lowest BCUT2D eigenvalue weighted by Crippen LogP contribution is -2.39. The molecule has 1 saturated heterocycles. The van der Waals surface area contributed by atoms with Crippen LogP contribution in [0.15, 0.2) is 61.1 Å². The monoisotopic (exact) mass is 848 g/mol. The first-order chi connectivity index (χ1) is 28.3. The molecule has 2 atom stereocenters. The van der Waals surface area contributed by atoms with Crippen molar-refractivity contribution >= 4 is 75.6 Å². The number of imide groups is 1. The zero-order valence-electron chi connectivity index (χ0n) is 34.7. The first-order valence-corrected chi connectivity index (χ1v) is 20.4. The van der Waals surface area contributed by atoms with Crippen molar-refractivity contribution < 1.29 is 23.9 Å². The van der Waals surface area contributed by atoms with Crippen LogP contribution >= 0.6 is 23.2 Å². The van der Waals surface area contributed by atoms with Gasteiger partial charge in [-0.05, 0) is 75.5 Å². The maximum absolute atomic E-state index is 13.2. The molecule has 4 amide bonds. The summed E-state index contributed by atoms with van der Waals surface area (Å²) in [6.45, 7) is 11.9. The van der Waals surface area contributed by atoms with E-state index in [9.17, 15) is 14.4 Å². The third kappa shape index (κ3) is 11.6. The number of carbonyl (C=O) groups excluding carboxylic acids is 3. The molecule has 2 aromatic heterocycles. The number of carbonyl (C=O) groups is 3. The average molecular weight is 850 g/mol. The smallest absolute Gasteiger partial charge is 0.327 e. The number of likely N-dealkylation sites (N-methyl/N-ethyl adjacent to an activating group) is 2. The molecule has 316 valence electrons. The molecule has 1 fully saturated rings. The molecule has 4 aromatic rings. The second kappa shape index (κ2) is 21.0. The van der Waals surface area contributed by atoms with Gasteiger partial charge in [-0.2, -0.15) is 0 Å². The number of piperidine rings is 1. The molecule has 1 aliphatic rings. The number of aromatic nitrogens is 3. The van der Waals surface area contributed by atoms with Crippen LogP contribution < -0.4 is 40.1 Å². The van der Waals surface area contributed by atoms with Crippen LogP contribution in [0, 0.1) is 5.92 Å². The van der Waals surface area contributed by atoms with Gasteiger partial charge in [-0.3, -0.25) is 19.8 Å². The number of nitrogens with zero attached hydrogens (tertiary/aromatic N) is 7. The number of urea groups is 1. The van der Waals surface area contributed by atoms with E-state index in [1.54, 1.807) is 25.4 Å². The number of anilines is 6. The summed E-state index contributed by atoms with van der Waals surface area (Å²) in [7, 11) is 6.65. The zero-order valence-corrected chi connectivity index (χ0v) is 36.2. The molecule has 1 aliphatic heterocycles. The van der Waals surface area contributed by atoms with Gasteiger partial charge in [0.1, 0.15) is 45.3 Å². The third-order valence-corrected chi connectivity index (χ3v) is 11.1. The van der Waals surface area contributed by atoms with E-state index in [1.807, 2.05) is 24.3 Å². The molecule has 5 rings (SSSR count). The fourth-order valence-electron chi connectivity index (χ4n) is 6.88. The van der Waals surface area contributed by atoms with E-state index in [-0.39, 0.29) is 33.5 Å². The minimum Gasteiger partial charge on any atom is -0.495 e. The molecule has 15 nitrogen and oxygen atoms in total. The van der Waals surface area contributed by atoms with Crippen LogP contribution in [0.3, 0.4) is 0 Å². The van der Waals surface area contributed by atoms with Gasteiger partial charge in [0.15, 0.2) is 0 Å². The summed E-state index contributed by atoms with van der Waals surface area (Å²) in [4.78, 5) is 58.7. The molecule has 3 N–H and O–H groups in total. The molecule has 2 aromatic carbocycles. The van der Waals surface area contributed by atoms with E-state index in [1.165, 1.54) is 25.4 Å². The van der Waals surface area contributed by atoms with Crippen LogP contribution in [-0.2, 0) is 9.59 Å². The Bertz CT molecular complexity index is 2030. The highest BCUT2D eigenvalue weighted by molar-refractivity contribution is 6.41. The van der Waals surface area contributed by atoms with E-state index in [0.29, 0.717) is 41.9 Å². The molecule has 0 radical (unpaired) electrons. The normalized spacial score (nSPS) is 14.4. The molecule has 3 heterocycles. The second-order valence-electron chi connectivity index (χ2n) is 14.5. The zero-order chi connectivity index (χ0) is 42.6. The largest absolute Gasteiger partial charge is 0.495 e. The van der Waals surface area contributed by atoms with Gasteiger partial charge >= 0.3 is 6.03 Å². The number of hydrogen-bond acceptors (Lipinski definition) is 12. The lowest BCUT2D eigenvalue weighted by Gasteiger charge is -2.29. The summed E-state index contributed by atoms with van der Waals surface area (Å²) in [5, 5.41) is 8.73. The van der Waals surface area contributed by atoms with Crippen LogP contribution in [0.1, 0.15) is 51.5 Å². The van der Waals surface area contributed by atoms with Gasteiger partial charge in [-0.15, -0.1) is 0 Å². The van der Waals surface area contributed by atoms with Crippen LogP contribution in [-0.4, -0.2) is 105 Å². The Hall–Kier alpha value is -5.38. The maximum Gasteiger partial charge on any atom is 0.327 e. The fraction of sp³-hybridized carbons (Fsp3) is 0.429. The minimum absolute atomic E-state index is 0.135. The van der Waals surface area contributed by atoms with Crippen molar-refractivity contribution in [2.24, 2.45) is 5.92 Å². The lowest BCUT2D eigenvalue weighted by molar-refractivity contribution is -0.134. The van der Waals surface area contributed by atoms with Gasteiger partial charge in [-0.25, -0.2) is 19.7 Å². The molecule has 59 heavy (non-hydrogen) atoms. The summed E-state index contributed by atoms with van der Waals surface area (Å²) in [5.74, 6) is 2.02. The van der Waals surface area contributed by atoms with Crippen molar-refractivity contribution in [3.05, 3.63) is 76.7 Å². The van der Waals surface area contributed by atoms with Gasteiger partial charge in [0, 0.05) is 82.4 Å². The predicted octanol–water partition coefficient (Wildman–Crippen LogP) is 7.44. The first-order valence-electron chi connectivity index (χ1n) is 19.7. The summed E-state index contributed by atoms with van der Waals surface area (Å²) in [5.41, 5.74) is 2.94. The predicted molar refractivity (Wildman–Crippen MR) is 235 cm³/mol. The molecule has 0 bridgehead atoms. The molecule has 0 aliphatic carbocycles. The average Bonchev–Trinajstić information content (AvgIpc) is 3.23. The SMILES string of the molecule is CCN(CCN(C)CC(C)CCN(CC)c1ccc(C2CCC(=O)NC2=O)cn1)c1ccc(Nc2cc(N(C)C(=O)Nc3c(Cl)c(OC)cc(OC)c3Cl)ncn2)cc1. The summed E-state index contributed by atoms with van der Waals surface area (Å²) in [6.07, 6.45) is 5.03. The third-order valence-electron chi connectivity index (χ3n) is 10.4. The Morgan fingerprint density at radius 2 is 1.59 bits per heavy atom. The van der Waals surface area contributed by atoms with E-state index in [4.69, 9.17) is 32.7 Å². The quantitative estimate of drug-likeness (QED) is 0.0803. The number of methoxy groups -OCH3 is 2. The van der Waals surface area contributed by atoms with Gasteiger partial charge < -0.3 is 34.8 Å². The Morgan fingerprint density at radius 1 is 0.898 bits per heavy atom. The van der Waals surface area contributed by atoms with Crippen LogP contribution in [0.2, 0.25) is 10.0 Å². The number of rotatable bonds is 19. The van der Waals surface area contributed by atoms with Gasteiger partial charge in [0.05, 0.1) is 25.8 Å². The van der Waals surface area contributed by atoms with Crippen LogP contribution in [0.25, 0.3) is 0 Å². The number of benzene rings is 2. The highest BCUT2D eigenvalue weighted by atomic mass is 35.5. The highest BCUT2D eigenvalue weighted by Gasteiger charge is 2.28. The van der Waals surface area contributed by atoms with Crippen molar-refractivity contribution in [3.8, 4) is 11.5 Å². The molecule has 0 spiro atoms. The Kier molecular flexibility index (Phi) is 16.0. The van der Waals surface area contributed by atoms with Gasteiger partial charge in [-0.1, -0.05) is 36.2 Å². The van der Waals surface area contributed by atoms with Gasteiger partial charge in [0.2, 0.25) is 11.8 Å². The lowest BCUT2D eigenvalue weighted by atomic mass is 9.92. The van der Waals surface area contributed by atoms with E-state index >= 15 is 0 Å². The molecular weight excluding hydrogens is 795 g/mol. The maximum atomic E-state index is 13.2. The number of amides is 4. The highest BCUT2D eigenvalue weighted by Crippen LogP contribution is 2.44. The summed E-state index contributed by atoms with van der Waals surface area (Å²) < 4.78 is 10.6. The molecule has 0 saturated carbocycles. The molecule has 2 unspecified atom stereocenters. The van der Waals surface area contributed by atoms with Crippen molar-refractivity contribution in [1.82, 2.24) is 25.2 Å². The number of nitrogens with one attached hydrogen (secondary N) is 3. The van der Waals surface area contributed by atoms with Gasteiger partial charge in [0.25, 0.3) is 0 Å². The standard InChI is InChI=1S/C42H54Cl2N10O5/c1-8-53(21-20-51(4)25-27(3)18-19-54(9-2)35-16-10-28(24-45-35)31-15-17-37(55)49-41(31)56)30-13-11-29(12-14-30)48-34-23-36(47-26-46-34)52(5)42(57)50-40-38(43)32(58-6)22-33(59-7)39(40)44/h10-14,16,22-24,26-27,31H,8-9,15,17-21,25H2,1-7H3,(H,50,57)(H,46,47,48)(H,49,55,56). The van der Waals surface area contributed by atoms with Crippen molar-refractivity contribution in [3.63, 3.8) is 0 Å². The minimum atomic E-state index is -0.536. The molecule has 17 heteroatoms. The van der Waals surface area contributed by atoms with Crippen LogP contribution in [0.5, 0.6) is 11.5 Å². The topological polar surface area (TPSA) is 157 Å². The van der Waals surface area contributed by atoms with Crippen molar-refractivity contribution in [2.45, 2.75) is 46.0 Å². The number of halogens is 2. The Labute approximate surface area is 356 Å². The van der Waals surface area contributed by atoms with Crippen molar-refractivity contribution in [2.75, 3.05) is 92.9 Å².